The van der Waals surface area contributed by atoms with Gasteiger partial charge in [-0.05, 0) is 50.3 Å². The van der Waals surface area contributed by atoms with Crippen LogP contribution in [0.2, 0.25) is 0 Å². The first-order valence-electron chi connectivity index (χ1n) is 8.08. The number of aromatic nitrogens is 1. The second-order valence-electron chi connectivity index (χ2n) is 6.36. The van der Waals surface area contributed by atoms with Gasteiger partial charge in [0.2, 0.25) is 10.0 Å². The van der Waals surface area contributed by atoms with Crippen LogP contribution in [0.25, 0.3) is 10.9 Å². The van der Waals surface area contributed by atoms with Gasteiger partial charge in [0.15, 0.2) is 0 Å². The highest BCUT2D eigenvalue weighted by Crippen LogP contribution is 2.30. The van der Waals surface area contributed by atoms with Crippen LogP contribution in [0.1, 0.15) is 43.0 Å². The Balaban J connectivity index is 1.81. The normalized spacial score (nSPS) is 18.5. The minimum Gasteiger partial charge on any atom is -0.358 e. The molecule has 0 aliphatic heterocycles. The van der Waals surface area contributed by atoms with Crippen molar-refractivity contribution in [2.45, 2.75) is 52.0 Å². The van der Waals surface area contributed by atoms with Crippen LogP contribution in [-0.2, 0) is 22.9 Å². The third-order valence-electron chi connectivity index (χ3n) is 4.46. The van der Waals surface area contributed by atoms with Crippen molar-refractivity contribution < 1.29 is 8.42 Å². The van der Waals surface area contributed by atoms with E-state index < -0.39 is 10.0 Å². The second-order valence-corrected chi connectivity index (χ2v) is 8.23. The standard InChI is InChI=1S/C17H24N2O2S/c1-3-4-9-22(20,21)19-13-6-8-17-15(11-13)14-10-12(2)5-7-16(14)18-17/h5,7,10,13,18-19H,3-4,6,8-9,11H2,1-2H3. The van der Waals surface area contributed by atoms with Gasteiger partial charge in [-0.1, -0.05) is 25.0 Å². The summed E-state index contributed by atoms with van der Waals surface area (Å²) in [6, 6.07) is 6.44. The zero-order chi connectivity index (χ0) is 15.7. The van der Waals surface area contributed by atoms with Crippen molar-refractivity contribution in [3.05, 3.63) is 35.0 Å². The number of aromatic amines is 1. The first kappa shape index (κ1) is 15.6. The lowest BCUT2D eigenvalue weighted by atomic mass is 9.92. The van der Waals surface area contributed by atoms with Gasteiger partial charge < -0.3 is 4.98 Å². The summed E-state index contributed by atoms with van der Waals surface area (Å²) in [6.07, 6.45) is 4.18. The third kappa shape index (κ3) is 3.20. The van der Waals surface area contributed by atoms with E-state index in [0.29, 0.717) is 0 Å². The highest BCUT2D eigenvalue weighted by Gasteiger charge is 2.25. The van der Waals surface area contributed by atoms with Crippen LogP contribution >= 0.6 is 0 Å². The van der Waals surface area contributed by atoms with Crippen LogP contribution in [0, 0.1) is 6.92 Å². The molecule has 1 aromatic heterocycles. The van der Waals surface area contributed by atoms with E-state index in [1.807, 2.05) is 6.92 Å². The SMILES string of the molecule is CCCCS(=O)(=O)NC1CCc2[nH]c3ccc(C)cc3c2C1. The summed E-state index contributed by atoms with van der Waals surface area (Å²) in [4.78, 5) is 3.48. The zero-order valence-corrected chi connectivity index (χ0v) is 14.1. The van der Waals surface area contributed by atoms with Gasteiger partial charge in [-0.15, -0.1) is 0 Å². The lowest BCUT2D eigenvalue weighted by molar-refractivity contribution is 0.505. The molecule has 5 heteroatoms. The van der Waals surface area contributed by atoms with E-state index in [4.69, 9.17) is 0 Å². The number of hydrogen-bond acceptors (Lipinski definition) is 2. The first-order chi connectivity index (χ1) is 10.5. The Labute approximate surface area is 132 Å². The number of H-pyrrole nitrogens is 1. The number of nitrogens with one attached hydrogen (secondary N) is 2. The monoisotopic (exact) mass is 320 g/mol. The summed E-state index contributed by atoms with van der Waals surface area (Å²) < 4.78 is 27.1. The first-order valence-corrected chi connectivity index (χ1v) is 9.74. The van der Waals surface area contributed by atoms with Gasteiger partial charge in [0.1, 0.15) is 0 Å². The maximum Gasteiger partial charge on any atom is 0.211 e. The van der Waals surface area contributed by atoms with Gasteiger partial charge in [0.25, 0.3) is 0 Å². The number of aryl methyl sites for hydroxylation is 2. The Kier molecular flexibility index (Phi) is 4.28. The molecule has 4 nitrogen and oxygen atoms in total. The molecular weight excluding hydrogens is 296 g/mol. The van der Waals surface area contributed by atoms with Gasteiger partial charge >= 0.3 is 0 Å². The molecule has 1 aromatic carbocycles. The molecule has 1 aliphatic carbocycles. The quantitative estimate of drug-likeness (QED) is 0.889. The highest BCUT2D eigenvalue weighted by atomic mass is 32.2. The molecule has 2 N–H and O–H groups in total. The van der Waals surface area contributed by atoms with Crippen molar-refractivity contribution in [1.29, 1.82) is 0 Å². The van der Waals surface area contributed by atoms with Gasteiger partial charge in [0.05, 0.1) is 5.75 Å². The van der Waals surface area contributed by atoms with Crippen molar-refractivity contribution in [2.24, 2.45) is 0 Å². The molecule has 0 fully saturated rings. The van der Waals surface area contributed by atoms with Crippen molar-refractivity contribution in [3.63, 3.8) is 0 Å². The number of fused-ring (bicyclic) bond motifs is 3. The maximum atomic E-state index is 12.1. The number of hydrogen-bond donors (Lipinski definition) is 2. The summed E-state index contributed by atoms with van der Waals surface area (Å²) >= 11 is 0. The lowest BCUT2D eigenvalue weighted by Crippen LogP contribution is -2.39. The molecule has 2 aromatic rings. The van der Waals surface area contributed by atoms with Crippen LogP contribution in [-0.4, -0.2) is 25.2 Å². The number of unbranched alkanes of at least 4 members (excludes halogenated alkanes) is 1. The largest absolute Gasteiger partial charge is 0.358 e. The van der Waals surface area contributed by atoms with Crippen molar-refractivity contribution in [1.82, 2.24) is 9.71 Å². The molecule has 0 spiro atoms. The molecule has 0 bridgehead atoms. The average molecular weight is 320 g/mol. The molecule has 1 aliphatic rings. The average Bonchev–Trinajstić information content (AvgIpc) is 2.82. The van der Waals surface area contributed by atoms with Crippen LogP contribution in [0.15, 0.2) is 18.2 Å². The fraction of sp³-hybridized carbons (Fsp3) is 0.529. The molecule has 1 heterocycles. The molecule has 0 amide bonds. The van der Waals surface area contributed by atoms with Gasteiger partial charge in [-0.2, -0.15) is 0 Å². The van der Waals surface area contributed by atoms with Crippen LogP contribution < -0.4 is 4.72 Å². The highest BCUT2D eigenvalue weighted by molar-refractivity contribution is 7.89. The fourth-order valence-corrected chi connectivity index (χ4v) is 4.77. The fourth-order valence-electron chi connectivity index (χ4n) is 3.28. The third-order valence-corrected chi connectivity index (χ3v) is 5.97. The molecule has 1 unspecified atom stereocenters. The molecule has 22 heavy (non-hydrogen) atoms. The zero-order valence-electron chi connectivity index (χ0n) is 13.3. The van der Waals surface area contributed by atoms with E-state index in [1.54, 1.807) is 0 Å². The number of sulfonamides is 1. The van der Waals surface area contributed by atoms with E-state index >= 15 is 0 Å². The Morgan fingerprint density at radius 3 is 2.95 bits per heavy atom. The summed E-state index contributed by atoms with van der Waals surface area (Å²) in [5.74, 6) is 0.236. The molecule has 0 radical (unpaired) electrons. The Bertz CT molecular complexity index is 777. The Morgan fingerprint density at radius 2 is 2.18 bits per heavy atom. The predicted molar refractivity (Wildman–Crippen MR) is 90.7 cm³/mol. The van der Waals surface area contributed by atoms with E-state index in [0.717, 1.165) is 37.6 Å². The van der Waals surface area contributed by atoms with Crippen molar-refractivity contribution in [2.75, 3.05) is 5.75 Å². The van der Waals surface area contributed by atoms with E-state index in [9.17, 15) is 8.42 Å². The van der Waals surface area contributed by atoms with Crippen LogP contribution in [0.4, 0.5) is 0 Å². The van der Waals surface area contributed by atoms with Crippen molar-refractivity contribution >= 4 is 20.9 Å². The number of rotatable bonds is 5. The van der Waals surface area contributed by atoms with E-state index in [1.165, 1.54) is 22.2 Å². The molecule has 120 valence electrons. The van der Waals surface area contributed by atoms with Gasteiger partial charge in [-0.3, -0.25) is 0 Å². The summed E-state index contributed by atoms with van der Waals surface area (Å²) in [5.41, 5.74) is 4.95. The molecule has 1 atom stereocenters. The summed E-state index contributed by atoms with van der Waals surface area (Å²) in [7, 11) is -3.15. The molecular formula is C17H24N2O2S. The van der Waals surface area contributed by atoms with E-state index in [2.05, 4.69) is 34.8 Å². The second kappa shape index (κ2) is 6.05. The minimum absolute atomic E-state index is 0.0221. The van der Waals surface area contributed by atoms with Crippen LogP contribution in [0.5, 0.6) is 0 Å². The Hall–Kier alpha value is -1.33. The van der Waals surface area contributed by atoms with Crippen LogP contribution in [0.3, 0.4) is 0 Å². The molecule has 0 saturated heterocycles. The summed E-state index contributed by atoms with van der Waals surface area (Å²) in [5, 5.41) is 1.24. The topological polar surface area (TPSA) is 62.0 Å². The van der Waals surface area contributed by atoms with Gasteiger partial charge in [-0.25, -0.2) is 13.1 Å². The predicted octanol–water partition coefficient (Wildman–Crippen LogP) is 3.05. The maximum absolute atomic E-state index is 12.1. The molecule has 0 saturated carbocycles. The van der Waals surface area contributed by atoms with Gasteiger partial charge in [0, 0.05) is 22.6 Å². The minimum atomic E-state index is -3.15. The van der Waals surface area contributed by atoms with Crippen molar-refractivity contribution in [3.8, 4) is 0 Å². The number of benzene rings is 1. The Morgan fingerprint density at radius 1 is 1.36 bits per heavy atom. The summed E-state index contributed by atoms with van der Waals surface area (Å²) in [6.45, 7) is 4.10. The lowest BCUT2D eigenvalue weighted by Gasteiger charge is -2.23. The smallest absolute Gasteiger partial charge is 0.211 e. The van der Waals surface area contributed by atoms with E-state index in [-0.39, 0.29) is 11.8 Å². The molecule has 3 rings (SSSR count).